The average molecular weight is 337 g/mol. The predicted molar refractivity (Wildman–Crippen MR) is 98.6 cm³/mol. The molecular formula is C21H27N3O. The third kappa shape index (κ3) is 3.15. The van der Waals surface area contributed by atoms with Crippen molar-refractivity contribution in [2.75, 3.05) is 7.11 Å². The van der Waals surface area contributed by atoms with Crippen LogP contribution in [-0.4, -0.2) is 23.1 Å². The van der Waals surface area contributed by atoms with Crippen LogP contribution in [0.15, 0.2) is 36.7 Å². The van der Waals surface area contributed by atoms with Crippen molar-refractivity contribution in [1.82, 2.24) is 15.3 Å². The Balaban J connectivity index is 1.46. The molecular weight excluding hydrogens is 310 g/mol. The zero-order valence-corrected chi connectivity index (χ0v) is 15.1. The fourth-order valence-corrected chi connectivity index (χ4v) is 4.75. The molecule has 4 rings (SSSR count). The van der Waals surface area contributed by atoms with Crippen LogP contribution in [0.3, 0.4) is 0 Å². The van der Waals surface area contributed by atoms with Crippen molar-refractivity contribution in [3.8, 4) is 5.75 Å². The molecule has 4 nitrogen and oxygen atoms in total. The molecule has 1 N–H and O–H groups in total. The molecule has 0 radical (unpaired) electrons. The van der Waals surface area contributed by atoms with Gasteiger partial charge in [-0.1, -0.05) is 25.5 Å². The lowest BCUT2D eigenvalue weighted by Crippen LogP contribution is -2.54. The molecule has 2 aliphatic rings. The monoisotopic (exact) mass is 337 g/mol. The van der Waals surface area contributed by atoms with E-state index in [4.69, 9.17) is 4.74 Å². The van der Waals surface area contributed by atoms with Crippen LogP contribution >= 0.6 is 0 Å². The zero-order chi connectivity index (χ0) is 17.2. The van der Waals surface area contributed by atoms with E-state index in [2.05, 4.69) is 46.5 Å². The Morgan fingerprint density at radius 1 is 1.08 bits per heavy atom. The lowest BCUT2D eigenvalue weighted by atomic mass is 9.60. The summed E-state index contributed by atoms with van der Waals surface area (Å²) in [4.78, 5) is 8.83. The van der Waals surface area contributed by atoms with Gasteiger partial charge in [0.25, 0.3) is 0 Å². The van der Waals surface area contributed by atoms with E-state index in [-0.39, 0.29) is 0 Å². The molecule has 2 saturated carbocycles. The first-order valence-corrected chi connectivity index (χ1v) is 9.47. The van der Waals surface area contributed by atoms with E-state index in [0.717, 1.165) is 36.4 Å². The van der Waals surface area contributed by atoms with Crippen molar-refractivity contribution in [3.05, 3.63) is 53.6 Å². The molecule has 0 bridgehead atoms. The number of rotatable bonds is 6. The number of aryl methyl sites for hydroxylation is 1. The number of aromatic nitrogens is 2. The third-order valence-corrected chi connectivity index (χ3v) is 6.05. The van der Waals surface area contributed by atoms with Gasteiger partial charge >= 0.3 is 0 Å². The highest BCUT2D eigenvalue weighted by Gasteiger charge is 2.52. The van der Waals surface area contributed by atoms with Gasteiger partial charge in [0, 0.05) is 42.9 Å². The summed E-state index contributed by atoms with van der Waals surface area (Å²) in [6, 6.07) is 9.22. The van der Waals surface area contributed by atoms with E-state index in [1.807, 2.05) is 12.4 Å². The van der Waals surface area contributed by atoms with Crippen molar-refractivity contribution in [2.45, 2.75) is 51.1 Å². The molecule has 2 fully saturated rings. The molecule has 2 aromatic rings. The van der Waals surface area contributed by atoms with Gasteiger partial charge < -0.3 is 10.1 Å². The third-order valence-electron chi connectivity index (χ3n) is 6.05. The second-order valence-electron chi connectivity index (χ2n) is 7.33. The van der Waals surface area contributed by atoms with Crippen molar-refractivity contribution in [3.63, 3.8) is 0 Å². The average Bonchev–Trinajstić information content (AvgIpc) is 3.07. The first-order chi connectivity index (χ1) is 12.3. The topological polar surface area (TPSA) is 47.0 Å². The highest BCUT2D eigenvalue weighted by molar-refractivity contribution is 5.34. The van der Waals surface area contributed by atoms with Crippen molar-refractivity contribution >= 4 is 0 Å². The fraction of sp³-hybridized carbons (Fsp3) is 0.524. The number of nitrogens with one attached hydrogen (secondary N) is 1. The Hall–Kier alpha value is -1.94. The summed E-state index contributed by atoms with van der Waals surface area (Å²) in [7, 11) is 1.72. The van der Waals surface area contributed by atoms with Gasteiger partial charge in [0.2, 0.25) is 0 Å². The van der Waals surface area contributed by atoms with Gasteiger partial charge in [-0.05, 0) is 42.4 Å². The molecule has 132 valence electrons. The molecule has 1 aromatic heterocycles. The van der Waals surface area contributed by atoms with Crippen LogP contribution in [0.2, 0.25) is 0 Å². The lowest BCUT2D eigenvalue weighted by molar-refractivity contribution is 0.0940. The quantitative estimate of drug-likeness (QED) is 0.873. The van der Waals surface area contributed by atoms with Crippen LogP contribution in [0.4, 0.5) is 0 Å². The van der Waals surface area contributed by atoms with Crippen LogP contribution in [0.5, 0.6) is 5.75 Å². The van der Waals surface area contributed by atoms with Crippen molar-refractivity contribution in [2.24, 2.45) is 11.8 Å². The second-order valence-corrected chi connectivity index (χ2v) is 7.33. The summed E-state index contributed by atoms with van der Waals surface area (Å²) in [5.74, 6) is 4.13. The molecule has 4 atom stereocenters. The molecule has 0 aliphatic heterocycles. The number of hydrogen-bond acceptors (Lipinski definition) is 4. The van der Waals surface area contributed by atoms with E-state index < -0.39 is 0 Å². The van der Waals surface area contributed by atoms with Gasteiger partial charge in [-0.2, -0.15) is 0 Å². The minimum atomic E-state index is 0.562. The fourth-order valence-electron chi connectivity index (χ4n) is 4.75. The van der Waals surface area contributed by atoms with Crippen molar-refractivity contribution < 1.29 is 4.74 Å². The Bertz CT molecular complexity index is 698. The van der Waals surface area contributed by atoms with Gasteiger partial charge in [-0.3, -0.25) is 0 Å². The summed E-state index contributed by atoms with van der Waals surface area (Å²) in [6.07, 6.45) is 8.92. The Kier molecular flexibility index (Phi) is 4.71. The molecule has 0 amide bonds. The Labute approximate surface area is 150 Å². The number of nitrogens with zero attached hydrogens (tertiary/aromatic N) is 2. The van der Waals surface area contributed by atoms with E-state index in [1.54, 1.807) is 7.11 Å². The first kappa shape index (κ1) is 16.5. The Morgan fingerprint density at radius 3 is 2.48 bits per heavy atom. The minimum absolute atomic E-state index is 0.562. The number of ether oxygens (including phenoxy) is 1. The maximum absolute atomic E-state index is 5.31. The summed E-state index contributed by atoms with van der Waals surface area (Å²) >= 11 is 0. The minimum Gasteiger partial charge on any atom is -0.497 e. The van der Waals surface area contributed by atoms with Crippen LogP contribution < -0.4 is 10.1 Å². The largest absolute Gasteiger partial charge is 0.497 e. The maximum atomic E-state index is 5.31. The molecule has 1 heterocycles. The number of methoxy groups -OCH3 is 1. The van der Waals surface area contributed by atoms with Gasteiger partial charge in [-0.25, -0.2) is 9.97 Å². The Morgan fingerprint density at radius 2 is 1.80 bits per heavy atom. The highest BCUT2D eigenvalue weighted by Crippen LogP contribution is 2.56. The van der Waals surface area contributed by atoms with E-state index >= 15 is 0 Å². The van der Waals surface area contributed by atoms with Crippen LogP contribution in [0.1, 0.15) is 49.1 Å². The van der Waals surface area contributed by atoms with Crippen molar-refractivity contribution in [1.29, 1.82) is 0 Å². The number of benzene rings is 1. The summed E-state index contributed by atoms with van der Waals surface area (Å²) in [6.45, 7) is 2.94. The van der Waals surface area contributed by atoms with Gasteiger partial charge in [0.15, 0.2) is 0 Å². The smallest absolute Gasteiger partial charge is 0.127 e. The molecule has 0 unspecified atom stereocenters. The molecule has 0 saturated heterocycles. The van der Waals surface area contributed by atoms with E-state index in [1.165, 1.54) is 30.4 Å². The van der Waals surface area contributed by atoms with Gasteiger partial charge in [-0.15, -0.1) is 0 Å². The second kappa shape index (κ2) is 7.12. The molecule has 4 heteroatoms. The predicted octanol–water partition coefficient (Wildman–Crippen LogP) is 3.72. The SMILES string of the molecule is CCc1ncc(CN[C@@H]2[C@@H]3CCC[C@H]3[C@H]2c2ccc(OC)cc2)cn1. The zero-order valence-electron chi connectivity index (χ0n) is 15.1. The number of fused-ring (bicyclic) bond motifs is 1. The summed E-state index contributed by atoms with van der Waals surface area (Å²) in [5, 5.41) is 3.81. The van der Waals surface area contributed by atoms with Gasteiger partial charge in [0.05, 0.1) is 7.11 Å². The number of hydrogen-bond donors (Lipinski definition) is 1. The first-order valence-electron chi connectivity index (χ1n) is 9.47. The molecule has 0 spiro atoms. The molecule has 25 heavy (non-hydrogen) atoms. The lowest BCUT2D eigenvalue weighted by Gasteiger charge is -2.50. The summed E-state index contributed by atoms with van der Waals surface area (Å²) in [5.41, 5.74) is 2.62. The summed E-state index contributed by atoms with van der Waals surface area (Å²) < 4.78 is 5.31. The normalized spacial score (nSPS) is 27.6. The van der Waals surface area contributed by atoms with E-state index in [0.29, 0.717) is 12.0 Å². The highest BCUT2D eigenvalue weighted by atomic mass is 16.5. The molecule has 1 aromatic carbocycles. The van der Waals surface area contributed by atoms with Crippen LogP contribution in [0, 0.1) is 11.8 Å². The van der Waals surface area contributed by atoms with Gasteiger partial charge in [0.1, 0.15) is 11.6 Å². The standard InChI is InChI=1S/C21H27N3O/c1-3-19-22-11-14(12-23-19)13-24-21-18-6-4-5-17(18)20(21)15-7-9-16(25-2)10-8-15/h7-12,17-18,20-21,24H,3-6,13H2,1-2H3/t17-,18-,20-,21-/m1/s1. The van der Waals surface area contributed by atoms with Crippen LogP contribution in [0.25, 0.3) is 0 Å². The van der Waals surface area contributed by atoms with Crippen LogP contribution in [-0.2, 0) is 13.0 Å². The van der Waals surface area contributed by atoms with E-state index in [9.17, 15) is 0 Å². The maximum Gasteiger partial charge on any atom is 0.127 e. The molecule has 2 aliphatic carbocycles.